The number of carbonyl (C=O) groups is 1. The highest BCUT2D eigenvalue weighted by Gasteiger charge is 2.32. The van der Waals surface area contributed by atoms with Crippen molar-refractivity contribution in [2.24, 2.45) is 0 Å². The second kappa shape index (κ2) is 10.0. The predicted molar refractivity (Wildman–Crippen MR) is 142 cm³/mol. The molecule has 1 N–H and O–H groups in total. The Morgan fingerprint density at radius 2 is 1.92 bits per heavy atom. The largest absolute Gasteiger partial charge is 0.495 e. The van der Waals surface area contributed by atoms with Gasteiger partial charge in [0.2, 0.25) is 5.91 Å². The maximum Gasteiger partial charge on any atom is 0.222 e. The van der Waals surface area contributed by atoms with Crippen LogP contribution >= 0.6 is 11.3 Å². The predicted octanol–water partition coefficient (Wildman–Crippen LogP) is 5.43. The molecule has 1 fully saturated rings. The molecule has 0 saturated carbocycles. The molecule has 9 heteroatoms. The van der Waals surface area contributed by atoms with Gasteiger partial charge in [-0.05, 0) is 47.7 Å². The van der Waals surface area contributed by atoms with Crippen LogP contribution < -0.4 is 19.5 Å². The molecule has 186 valence electrons. The van der Waals surface area contributed by atoms with Gasteiger partial charge in [0, 0.05) is 22.8 Å². The van der Waals surface area contributed by atoms with Gasteiger partial charge in [0.25, 0.3) is 0 Å². The topological polar surface area (TPSA) is 85.8 Å². The highest BCUT2D eigenvalue weighted by atomic mass is 32.1. The van der Waals surface area contributed by atoms with E-state index in [1.54, 1.807) is 30.5 Å². The van der Waals surface area contributed by atoms with Crippen LogP contribution in [0.1, 0.15) is 18.9 Å². The van der Waals surface area contributed by atoms with Crippen molar-refractivity contribution < 1.29 is 19.0 Å². The van der Waals surface area contributed by atoms with E-state index in [4.69, 9.17) is 14.2 Å². The van der Waals surface area contributed by atoms with Crippen molar-refractivity contribution in [1.29, 1.82) is 0 Å². The fourth-order valence-electron chi connectivity index (χ4n) is 4.31. The Kier molecular flexibility index (Phi) is 6.65. The summed E-state index contributed by atoms with van der Waals surface area (Å²) in [4.78, 5) is 23.8. The molecule has 2 aromatic carbocycles. The normalized spacial score (nSPS) is 13.4. The minimum atomic E-state index is -0.0848. The van der Waals surface area contributed by atoms with Crippen LogP contribution in [0.2, 0.25) is 0 Å². The van der Waals surface area contributed by atoms with Crippen molar-refractivity contribution in [3.8, 4) is 27.7 Å². The molecule has 0 spiro atoms. The van der Waals surface area contributed by atoms with E-state index < -0.39 is 0 Å². The average Bonchev–Trinajstić information content (AvgIpc) is 3.40. The van der Waals surface area contributed by atoms with Gasteiger partial charge in [-0.2, -0.15) is 0 Å². The molecular weight excluding hydrogens is 476 g/mol. The minimum absolute atomic E-state index is 0.0848. The van der Waals surface area contributed by atoms with Gasteiger partial charge in [-0.3, -0.25) is 4.79 Å². The Labute approximate surface area is 213 Å². The van der Waals surface area contributed by atoms with Gasteiger partial charge in [0.1, 0.15) is 24.0 Å². The number of likely N-dealkylation sites (tertiary alicyclic amines) is 1. The van der Waals surface area contributed by atoms with E-state index in [1.807, 2.05) is 31.2 Å². The van der Waals surface area contributed by atoms with Crippen LogP contribution in [0, 0.1) is 6.92 Å². The van der Waals surface area contributed by atoms with Crippen molar-refractivity contribution in [1.82, 2.24) is 14.9 Å². The summed E-state index contributed by atoms with van der Waals surface area (Å²) < 4.78 is 17.5. The molecular formula is C27H28N4O4S. The van der Waals surface area contributed by atoms with Crippen LogP contribution in [-0.4, -0.2) is 54.2 Å². The Bertz CT molecular complexity index is 1400. The van der Waals surface area contributed by atoms with Crippen LogP contribution in [0.4, 0.5) is 11.5 Å². The second-order valence-electron chi connectivity index (χ2n) is 8.60. The standard InChI is InChI=1S/C27H28N4O4S/c1-5-26(32)31-13-17(14-31)35-24-11-19-20(12-23(24)34-4)28-15-29-27(19)30-21-10-18(25-7-6-8-36-25)16(2)9-22(21)33-3/h6-12,15,17H,5,13-14H2,1-4H3,(H,28,29,30). The summed E-state index contributed by atoms with van der Waals surface area (Å²) in [6, 6.07) is 12.0. The summed E-state index contributed by atoms with van der Waals surface area (Å²) in [5, 5.41) is 6.31. The van der Waals surface area contributed by atoms with Gasteiger partial charge < -0.3 is 24.4 Å². The van der Waals surface area contributed by atoms with Gasteiger partial charge in [-0.1, -0.05) is 13.0 Å². The molecule has 2 aromatic heterocycles. The van der Waals surface area contributed by atoms with E-state index in [-0.39, 0.29) is 12.0 Å². The van der Waals surface area contributed by atoms with Gasteiger partial charge in [-0.15, -0.1) is 11.3 Å². The molecule has 0 unspecified atom stereocenters. The number of nitrogens with one attached hydrogen (secondary N) is 1. The number of fused-ring (bicyclic) bond motifs is 1. The molecule has 1 amide bonds. The molecule has 0 atom stereocenters. The number of rotatable bonds is 8. The number of amides is 1. The molecule has 5 rings (SSSR count). The van der Waals surface area contributed by atoms with Crippen LogP contribution in [0.25, 0.3) is 21.3 Å². The Balaban J connectivity index is 1.49. The maximum absolute atomic E-state index is 11.9. The first-order valence-electron chi connectivity index (χ1n) is 11.8. The lowest BCUT2D eigenvalue weighted by Gasteiger charge is -2.39. The van der Waals surface area contributed by atoms with E-state index in [1.165, 1.54) is 11.2 Å². The van der Waals surface area contributed by atoms with Crippen LogP contribution in [0.15, 0.2) is 48.1 Å². The highest BCUT2D eigenvalue weighted by Crippen LogP contribution is 2.40. The quantitative estimate of drug-likeness (QED) is 0.343. The molecule has 0 radical (unpaired) electrons. The summed E-state index contributed by atoms with van der Waals surface area (Å²) >= 11 is 1.69. The minimum Gasteiger partial charge on any atom is -0.495 e. The molecule has 3 heterocycles. The first-order valence-corrected chi connectivity index (χ1v) is 12.6. The zero-order valence-electron chi connectivity index (χ0n) is 20.7. The number of hydrogen-bond donors (Lipinski definition) is 1. The lowest BCUT2D eigenvalue weighted by atomic mass is 10.1. The third kappa shape index (κ3) is 4.54. The summed E-state index contributed by atoms with van der Waals surface area (Å²) in [7, 11) is 3.26. The SMILES string of the molecule is CCC(=O)N1CC(Oc2cc3c(Nc4cc(-c5cccs5)c(C)cc4OC)ncnc3cc2OC)C1. The smallest absolute Gasteiger partial charge is 0.222 e. The number of aromatic nitrogens is 2. The van der Waals surface area contributed by atoms with Gasteiger partial charge >= 0.3 is 0 Å². The second-order valence-corrected chi connectivity index (χ2v) is 9.55. The third-order valence-electron chi connectivity index (χ3n) is 6.30. The van der Waals surface area contributed by atoms with Gasteiger partial charge in [-0.25, -0.2) is 9.97 Å². The van der Waals surface area contributed by atoms with Crippen LogP contribution in [-0.2, 0) is 4.79 Å². The fraction of sp³-hybridized carbons (Fsp3) is 0.296. The van der Waals surface area contributed by atoms with Crippen molar-refractivity contribution in [3.05, 3.63) is 53.7 Å². The Morgan fingerprint density at radius 3 is 2.61 bits per heavy atom. The van der Waals surface area contributed by atoms with Crippen molar-refractivity contribution in [2.75, 3.05) is 32.6 Å². The summed E-state index contributed by atoms with van der Waals surface area (Å²) in [5.41, 5.74) is 3.78. The molecule has 1 aliphatic heterocycles. The van der Waals surface area contributed by atoms with E-state index in [2.05, 4.69) is 39.7 Å². The Hall–Kier alpha value is -3.85. The molecule has 36 heavy (non-hydrogen) atoms. The molecule has 0 aliphatic carbocycles. The van der Waals surface area contributed by atoms with Crippen molar-refractivity contribution in [2.45, 2.75) is 26.4 Å². The van der Waals surface area contributed by atoms with Crippen LogP contribution in [0.3, 0.4) is 0 Å². The number of thiophene rings is 1. The summed E-state index contributed by atoms with van der Waals surface area (Å²) in [6.07, 6.45) is 1.93. The molecule has 1 saturated heterocycles. The van der Waals surface area contributed by atoms with Crippen molar-refractivity contribution >= 4 is 39.7 Å². The van der Waals surface area contributed by atoms with E-state index in [9.17, 15) is 4.79 Å². The zero-order chi connectivity index (χ0) is 25.2. The fourth-order valence-corrected chi connectivity index (χ4v) is 5.12. The number of ether oxygens (including phenoxy) is 3. The third-order valence-corrected chi connectivity index (χ3v) is 7.21. The monoisotopic (exact) mass is 504 g/mol. The maximum atomic E-state index is 11.9. The van der Waals surface area contributed by atoms with Gasteiger partial charge in [0.05, 0.1) is 38.5 Å². The first kappa shape index (κ1) is 23.9. The first-order chi connectivity index (χ1) is 17.5. The number of hydrogen-bond acceptors (Lipinski definition) is 8. The van der Waals surface area contributed by atoms with Gasteiger partial charge in [0.15, 0.2) is 11.5 Å². The Morgan fingerprint density at radius 1 is 1.11 bits per heavy atom. The number of methoxy groups -OCH3 is 2. The molecule has 0 bridgehead atoms. The average molecular weight is 505 g/mol. The van der Waals surface area contributed by atoms with E-state index >= 15 is 0 Å². The summed E-state index contributed by atoms with van der Waals surface area (Å²) in [6.45, 7) is 5.07. The van der Waals surface area contributed by atoms with Crippen molar-refractivity contribution in [3.63, 3.8) is 0 Å². The number of nitrogens with zero attached hydrogens (tertiary/aromatic N) is 3. The molecule has 4 aromatic rings. The molecule has 1 aliphatic rings. The summed E-state index contributed by atoms with van der Waals surface area (Å²) in [5.74, 6) is 2.66. The lowest BCUT2D eigenvalue weighted by molar-refractivity contribution is -0.139. The molecule has 8 nitrogen and oxygen atoms in total. The number of carbonyl (C=O) groups excluding carboxylic acids is 1. The number of benzene rings is 2. The van der Waals surface area contributed by atoms with E-state index in [0.717, 1.165) is 33.5 Å². The van der Waals surface area contributed by atoms with E-state index in [0.29, 0.717) is 36.8 Å². The number of aryl methyl sites for hydroxylation is 1. The zero-order valence-corrected chi connectivity index (χ0v) is 21.5. The number of anilines is 2. The highest BCUT2D eigenvalue weighted by molar-refractivity contribution is 7.13. The lowest BCUT2D eigenvalue weighted by Crippen LogP contribution is -2.56. The van der Waals surface area contributed by atoms with Crippen LogP contribution in [0.5, 0.6) is 17.2 Å².